The Hall–Kier alpha value is -1.59. The van der Waals surface area contributed by atoms with E-state index >= 15 is 0 Å². The van der Waals surface area contributed by atoms with Crippen LogP contribution in [-0.2, 0) is 4.57 Å². The van der Waals surface area contributed by atoms with E-state index in [1.165, 1.54) is 0 Å². The molecule has 0 unspecified atom stereocenters. The Labute approximate surface area is 109 Å². The monoisotopic (exact) mass is 256 g/mol. The number of hydrogen-bond donors (Lipinski definition) is 0. The molecule has 0 radical (unpaired) electrons. The summed E-state index contributed by atoms with van der Waals surface area (Å²) in [6.07, 6.45) is 2.02. The van der Waals surface area contributed by atoms with E-state index in [1.54, 1.807) is 0 Å². The molecule has 0 aliphatic rings. The van der Waals surface area contributed by atoms with Gasteiger partial charge in [-0.15, -0.1) is 0 Å². The minimum atomic E-state index is -2.30. The second-order valence-corrected chi connectivity index (χ2v) is 7.84. The van der Waals surface area contributed by atoms with Gasteiger partial charge in [-0.25, -0.2) is 0 Å². The molecule has 0 spiro atoms. The van der Waals surface area contributed by atoms with E-state index < -0.39 is 7.14 Å². The third kappa shape index (κ3) is 3.21. The summed E-state index contributed by atoms with van der Waals surface area (Å²) in [5.74, 6) is 0. The number of rotatable bonds is 3. The Morgan fingerprint density at radius 1 is 0.889 bits per heavy atom. The molecule has 0 aromatic heterocycles. The van der Waals surface area contributed by atoms with Gasteiger partial charge in [-0.1, -0.05) is 60.7 Å². The summed E-state index contributed by atoms with van der Waals surface area (Å²) in [5, 5.41) is 0.925. The molecule has 0 atom stereocenters. The summed E-state index contributed by atoms with van der Waals surface area (Å²) >= 11 is 0. The van der Waals surface area contributed by atoms with E-state index in [2.05, 4.69) is 0 Å². The van der Waals surface area contributed by atoms with Crippen molar-refractivity contribution in [1.29, 1.82) is 0 Å². The lowest BCUT2D eigenvalue weighted by Gasteiger charge is -2.13. The van der Waals surface area contributed by atoms with Crippen molar-refractivity contribution in [1.82, 2.24) is 0 Å². The summed E-state index contributed by atoms with van der Waals surface area (Å²) in [5.41, 5.74) is 2.12. The largest absolute Gasteiger partial charge is 0.319 e. The van der Waals surface area contributed by atoms with Crippen LogP contribution in [0.3, 0.4) is 0 Å². The molecule has 0 aliphatic heterocycles. The Kier molecular flexibility index (Phi) is 3.84. The standard InChI is InChI=1S/C16H17OP/c1-18(2,17)16(15-11-7-4-8-12-15)13-14-9-5-3-6-10-14/h3-13H,1-2H3/b16-13+. The van der Waals surface area contributed by atoms with Gasteiger partial charge in [0.15, 0.2) is 0 Å². The Morgan fingerprint density at radius 2 is 1.39 bits per heavy atom. The molecule has 0 saturated carbocycles. The Balaban J connectivity index is 2.52. The predicted octanol–water partition coefficient (Wildman–Crippen LogP) is 4.81. The van der Waals surface area contributed by atoms with E-state index in [0.717, 1.165) is 16.4 Å². The molecule has 18 heavy (non-hydrogen) atoms. The van der Waals surface area contributed by atoms with E-state index in [-0.39, 0.29) is 0 Å². The molecular weight excluding hydrogens is 239 g/mol. The van der Waals surface area contributed by atoms with Gasteiger partial charge in [0.05, 0.1) is 0 Å². The molecule has 0 heterocycles. The molecule has 1 nitrogen and oxygen atoms in total. The zero-order valence-electron chi connectivity index (χ0n) is 10.7. The van der Waals surface area contributed by atoms with Crippen LogP contribution in [0, 0.1) is 0 Å². The maximum absolute atomic E-state index is 12.5. The molecule has 2 heteroatoms. The minimum Gasteiger partial charge on any atom is -0.319 e. The normalized spacial score (nSPS) is 12.4. The van der Waals surface area contributed by atoms with Crippen LogP contribution < -0.4 is 0 Å². The Morgan fingerprint density at radius 3 is 1.89 bits per heavy atom. The van der Waals surface area contributed by atoms with Crippen molar-refractivity contribution in [2.45, 2.75) is 0 Å². The zero-order chi connectivity index (χ0) is 13.0. The van der Waals surface area contributed by atoms with Crippen molar-refractivity contribution < 1.29 is 4.57 Å². The van der Waals surface area contributed by atoms with Gasteiger partial charge in [0, 0.05) is 5.31 Å². The lowest BCUT2D eigenvalue weighted by atomic mass is 10.1. The lowest BCUT2D eigenvalue weighted by Crippen LogP contribution is -1.86. The highest BCUT2D eigenvalue weighted by molar-refractivity contribution is 7.73. The first kappa shape index (κ1) is 12.9. The molecule has 0 aliphatic carbocycles. The molecule has 0 amide bonds. The van der Waals surface area contributed by atoms with Gasteiger partial charge in [0.25, 0.3) is 0 Å². The van der Waals surface area contributed by atoms with Gasteiger partial charge in [-0.2, -0.15) is 0 Å². The quantitative estimate of drug-likeness (QED) is 0.569. The van der Waals surface area contributed by atoms with E-state index in [9.17, 15) is 4.57 Å². The van der Waals surface area contributed by atoms with Gasteiger partial charge >= 0.3 is 0 Å². The lowest BCUT2D eigenvalue weighted by molar-refractivity contribution is 0.589. The molecule has 0 saturated heterocycles. The molecule has 2 rings (SSSR count). The van der Waals surface area contributed by atoms with Crippen molar-refractivity contribution in [2.24, 2.45) is 0 Å². The average Bonchev–Trinajstić information content (AvgIpc) is 2.37. The SMILES string of the molecule is CP(C)(=O)/C(=C/c1ccccc1)c1ccccc1. The molecule has 0 fully saturated rings. The van der Waals surface area contributed by atoms with Gasteiger partial charge in [0.2, 0.25) is 0 Å². The average molecular weight is 256 g/mol. The summed E-state index contributed by atoms with van der Waals surface area (Å²) in [4.78, 5) is 0. The first-order valence-electron chi connectivity index (χ1n) is 5.95. The van der Waals surface area contributed by atoms with Gasteiger partial charge in [-0.3, -0.25) is 0 Å². The highest BCUT2D eigenvalue weighted by Gasteiger charge is 2.16. The van der Waals surface area contributed by atoms with Crippen molar-refractivity contribution in [2.75, 3.05) is 13.3 Å². The van der Waals surface area contributed by atoms with Gasteiger partial charge in [-0.05, 0) is 30.5 Å². The van der Waals surface area contributed by atoms with Crippen LogP contribution in [-0.4, -0.2) is 13.3 Å². The maximum atomic E-state index is 12.5. The second-order valence-electron chi connectivity index (χ2n) is 4.66. The maximum Gasteiger partial charge on any atom is 0.110 e. The third-order valence-corrected chi connectivity index (χ3v) is 4.30. The molecular formula is C16H17OP. The molecule has 92 valence electrons. The highest BCUT2D eigenvalue weighted by Crippen LogP contribution is 2.52. The molecule has 2 aromatic carbocycles. The fourth-order valence-electron chi connectivity index (χ4n) is 1.87. The summed E-state index contributed by atoms with van der Waals surface area (Å²) in [7, 11) is -2.30. The zero-order valence-corrected chi connectivity index (χ0v) is 11.6. The van der Waals surface area contributed by atoms with Gasteiger partial charge in [0.1, 0.15) is 7.14 Å². The summed E-state index contributed by atoms with van der Waals surface area (Å²) < 4.78 is 12.5. The van der Waals surface area contributed by atoms with Crippen LogP contribution in [0.5, 0.6) is 0 Å². The van der Waals surface area contributed by atoms with Crippen LogP contribution in [0.4, 0.5) is 0 Å². The van der Waals surface area contributed by atoms with Crippen LogP contribution in [0.25, 0.3) is 11.4 Å². The fourth-order valence-corrected chi connectivity index (χ4v) is 3.10. The van der Waals surface area contributed by atoms with Crippen LogP contribution in [0.1, 0.15) is 11.1 Å². The van der Waals surface area contributed by atoms with E-state index in [0.29, 0.717) is 0 Å². The van der Waals surface area contributed by atoms with E-state index in [4.69, 9.17) is 0 Å². The van der Waals surface area contributed by atoms with Crippen molar-refractivity contribution in [3.8, 4) is 0 Å². The Bertz CT molecular complexity index is 579. The molecule has 2 aromatic rings. The molecule has 0 N–H and O–H groups in total. The van der Waals surface area contributed by atoms with Crippen LogP contribution >= 0.6 is 7.14 Å². The smallest absolute Gasteiger partial charge is 0.110 e. The van der Waals surface area contributed by atoms with Crippen molar-refractivity contribution in [3.63, 3.8) is 0 Å². The first-order valence-corrected chi connectivity index (χ1v) is 8.55. The van der Waals surface area contributed by atoms with Crippen LogP contribution in [0.15, 0.2) is 60.7 Å². The second kappa shape index (κ2) is 5.37. The topological polar surface area (TPSA) is 17.1 Å². The van der Waals surface area contributed by atoms with Crippen molar-refractivity contribution >= 4 is 18.5 Å². The third-order valence-electron chi connectivity index (χ3n) is 2.75. The minimum absolute atomic E-state index is 0.925. The van der Waals surface area contributed by atoms with E-state index in [1.807, 2.05) is 80.1 Å². The molecule has 0 bridgehead atoms. The highest BCUT2D eigenvalue weighted by atomic mass is 31.2. The first-order chi connectivity index (χ1) is 8.57. The van der Waals surface area contributed by atoms with Gasteiger partial charge < -0.3 is 4.57 Å². The predicted molar refractivity (Wildman–Crippen MR) is 80.2 cm³/mol. The fraction of sp³-hybridized carbons (Fsp3) is 0.125. The van der Waals surface area contributed by atoms with Crippen molar-refractivity contribution in [3.05, 3.63) is 71.8 Å². The number of benzene rings is 2. The summed E-state index contributed by atoms with van der Waals surface area (Å²) in [6, 6.07) is 20.0. The van der Waals surface area contributed by atoms with Crippen LogP contribution in [0.2, 0.25) is 0 Å². The number of hydrogen-bond acceptors (Lipinski definition) is 1. The summed E-state index contributed by atoms with van der Waals surface area (Å²) in [6.45, 7) is 3.63.